The molecule has 0 aliphatic carbocycles. The Hall–Kier alpha value is -1.66. The second kappa shape index (κ2) is 9.29. The van der Waals surface area contributed by atoms with Crippen LogP contribution in [0, 0.1) is 22.0 Å². The van der Waals surface area contributed by atoms with Gasteiger partial charge in [-0.15, -0.1) is 0 Å². The molecule has 0 saturated carbocycles. The van der Waals surface area contributed by atoms with Crippen molar-refractivity contribution < 1.29 is 24.4 Å². The van der Waals surface area contributed by atoms with Gasteiger partial charge >= 0.3 is 5.97 Å². The molecule has 0 radical (unpaired) electrons. The van der Waals surface area contributed by atoms with Gasteiger partial charge in [-0.2, -0.15) is 0 Å². The van der Waals surface area contributed by atoms with Crippen LogP contribution in [0.3, 0.4) is 0 Å². The maximum atomic E-state index is 11.6. The molecule has 110 valence electrons. The number of ether oxygens (including phenoxy) is 1. The first kappa shape index (κ1) is 17.3. The SMILES string of the molecule is CCCCCC(C[N+](=O)[O-])C(C(=O)[O-])C(=O)OCC. The maximum Gasteiger partial charge on any atom is 0.315 e. The Morgan fingerprint density at radius 3 is 2.32 bits per heavy atom. The predicted octanol–water partition coefficient (Wildman–Crippen LogP) is 0.389. The van der Waals surface area contributed by atoms with Gasteiger partial charge in [0, 0.05) is 10.8 Å². The van der Waals surface area contributed by atoms with E-state index in [1.54, 1.807) is 6.92 Å². The van der Waals surface area contributed by atoms with Crippen molar-refractivity contribution in [3.63, 3.8) is 0 Å². The summed E-state index contributed by atoms with van der Waals surface area (Å²) in [5.41, 5.74) is 0. The molecule has 2 atom stereocenters. The van der Waals surface area contributed by atoms with Gasteiger partial charge in [-0.25, -0.2) is 0 Å². The van der Waals surface area contributed by atoms with Crippen molar-refractivity contribution in [1.82, 2.24) is 0 Å². The highest BCUT2D eigenvalue weighted by Crippen LogP contribution is 2.21. The van der Waals surface area contributed by atoms with Crippen LogP contribution >= 0.6 is 0 Å². The zero-order chi connectivity index (χ0) is 14.8. The molecule has 0 saturated heterocycles. The third kappa shape index (κ3) is 6.73. The number of esters is 1. The summed E-state index contributed by atoms with van der Waals surface area (Å²) >= 11 is 0. The lowest BCUT2D eigenvalue weighted by Crippen LogP contribution is -2.44. The van der Waals surface area contributed by atoms with Crippen molar-refractivity contribution in [3.05, 3.63) is 10.1 Å². The molecule has 0 aliphatic heterocycles. The van der Waals surface area contributed by atoms with Crippen LogP contribution in [-0.2, 0) is 14.3 Å². The number of carbonyl (C=O) groups excluding carboxylic acids is 2. The van der Waals surface area contributed by atoms with Gasteiger partial charge in [-0.05, 0) is 13.3 Å². The number of carboxylic acids is 1. The molecule has 0 spiro atoms. The number of carbonyl (C=O) groups is 2. The zero-order valence-corrected chi connectivity index (χ0v) is 11.3. The Labute approximate surface area is 112 Å². The van der Waals surface area contributed by atoms with E-state index in [2.05, 4.69) is 4.74 Å². The minimum atomic E-state index is -1.61. The summed E-state index contributed by atoms with van der Waals surface area (Å²) in [5.74, 6) is -5.01. The average molecular weight is 274 g/mol. The first-order chi connectivity index (χ1) is 8.93. The Morgan fingerprint density at radius 1 is 1.26 bits per heavy atom. The highest BCUT2D eigenvalue weighted by atomic mass is 16.6. The van der Waals surface area contributed by atoms with Crippen LogP contribution in [0.4, 0.5) is 0 Å². The summed E-state index contributed by atoms with van der Waals surface area (Å²) in [7, 11) is 0. The number of nitro groups is 1. The van der Waals surface area contributed by atoms with E-state index in [9.17, 15) is 24.8 Å². The van der Waals surface area contributed by atoms with Crippen LogP contribution < -0.4 is 5.11 Å². The zero-order valence-electron chi connectivity index (χ0n) is 11.3. The van der Waals surface area contributed by atoms with Crippen LogP contribution in [0.1, 0.15) is 39.5 Å². The summed E-state index contributed by atoms with van der Waals surface area (Å²) in [6.45, 7) is 2.97. The lowest BCUT2D eigenvalue weighted by molar-refractivity contribution is -0.490. The van der Waals surface area contributed by atoms with Crippen LogP contribution in [-0.4, -0.2) is 30.0 Å². The number of unbranched alkanes of at least 4 members (excludes halogenated alkanes) is 2. The number of hydrogen-bond donors (Lipinski definition) is 0. The summed E-state index contributed by atoms with van der Waals surface area (Å²) in [4.78, 5) is 32.6. The number of nitrogens with zero attached hydrogens (tertiary/aromatic N) is 1. The molecule has 7 nitrogen and oxygen atoms in total. The fourth-order valence-corrected chi connectivity index (χ4v) is 1.92. The highest BCUT2D eigenvalue weighted by Gasteiger charge is 2.33. The third-order valence-corrected chi connectivity index (χ3v) is 2.83. The number of rotatable bonds is 10. The summed E-state index contributed by atoms with van der Waals surface area (Å²) < 4.78 is 4.65. The van der Waals surface area contributed by atoms with Gasteiger partial charge in [-0.1, -0.05) is 26.2 Å². The molecule has 0 rings (SSSR count). The molecule has 0 aromatic carbocycles. The lowest BCUT2D eigenvalue weighted by Gasteiger charge is -2.23. The van der Waals surface area contributed by atoms with E-state index in [0.717, 1.165) is 12.8 Å². The minimum Gasteiger partial charge on any atom is -0.549 e. The van der Waals surface area contributed by atoms with Gasteiger partial charge in [0.15, 0.2) is 0 Å². The number of carboxylic acid groups (broad SMARTS) is 1. The molecule has 19 heavy (non-hydrogen) atoms. The number of aliphatic carboxylic acids is 1. The van der Waals surface area contributed by atoms with E-state index in [1.165, 1.54) is 0 Å². The quantitative estimate of drug-likeness (QED) is 0.187. The fourth-order valence-electron chi connectivity index (χ4n) is 1.92. The topological polar surface area (TPSA) is 110 Å². The fraction of sp³-hybridized carbons (Fsp3) is 0.833. The Kier molecular flexibility index (Phi) is 8.48. The molecule has 0 aliphatic rings. The normalized spacial score (nSPS) is 13.6. The van der Waals surface area contributed by atoms with Crippen molar-refractivity contribution in [2.75, 3.05) is 13.2 Å². The molecule has 2 unspecified atom stereocenters. The molecular weight excluding hydrogens is 254 g/mol. The van der Waals surface area contributed by atoms with Gasteiger partial charge in [0.2, 0.25) is 6.54 Å². The summed E-state index contributed by atoms with van der Waals surface area (Å²) in [6, 6.07) is 0. The molecule has 0 amide bonds. The van der Waals surface area contributed by atoms with Gasteiger partial charge in [-0.3, -0.25) is 14.9 Å². The van der Waals surface area contributed by atoms with Crippen molar-refractivity contribution in [3.8, 4) is 0 Å². The second-order valence-electron chi connectivity index (χ2n) is 4.32. The number of hydrogen-bond acceptors (Lipinski definition) is 6. The Balaban J connectivity index is 4.85. The monoisotopic (exact) mass is 274 g/mol. The van der Waals surface area contributed by atoms with Gasteiger partial charge < -0.3 is 14.6 Å². The van der Waals surface area contributed by atoms with Crippen molar-refractivity contribution in [2.24, 2.45) is 11.8 Å². The second-order valence-corrected chi connectivity index (χ2v) is 4.32. The Bertz CT molecular complexity index is 317. The van der Waals surface area contributed by atoms with E-state index in [-0.39, 0.29) is 6.61 Å². The summed E-state index contributed by atoms with van der Waals surface area (Å²) in [6.07, 6.45) is 2.67. The molecular formula is C12H20NO6-. The van der Waals surface area contributed by atoms with Crippen LogP contribution in [0.5, 0.6) is 0 Å². The predicted molar refractivity (Wildman–Crippen MR) is 64.6 cm³/mol. The van der Waals surface area contributed by atoms with E-state index in [0.29, 0.717) is 12.8 Å². The first-order valence-corrected chi connectivity index (χ1v) is 6.43. The average Bonchev–Trinajstić information content (AvgIpc) is 2.28. The standard InChI is InChI=1S/C12H21NO6/c1-3-5-6-7-9(8-13(17)18)10(11(14)15)12(16)19-4-2/h9-10H,3-8H2,1-2H3,(H,14,15)/p-1. The third-order valence-electron chi connectivity index (χ3n) is 2.83. The van der Waals surface area contributed by atoms with Crippen LogP contribution in [0.25, 0.3) is 0 Å². The van der Waals surface area contributed by atoms with Crippen molar-refractivity contribution >= 4 is 11.9 Å². The van der Waals surface area contributed by atoms with E-state index < -0.39 is 35.2 Å². The summed E-state index contributed by atoms with van der Waals surface area (Å²) in [5, 5.41) is 21.6. The van der Waals surface area contributed by atoms with Crippen LogP contribution in [0.15, 0.2) is 0 Å². The minimum absolute atomic E-state index is 0.0305. The van der Waals surface area contributed by atoms with E-state index in [4.69, 9.17) is 0 Å². The first-order valence-electron chi connectivity index (χ1n) is 6.43. The van der Waals surface area contributed by atoms with Crippen molar-refractivity contribution in [1.29, 1.82) is 0 Å². The molecule has 0 fully saturated rings. The lowest BCUT2D eigenvalue weighted by atomic mass is 9.87. The van der Waals surface area contributed by atoms with Gasteiger partial charge in [0.1, 0.15) is 5.92 Å². The largest absolute Gasteiger partial charge is 0.549 e. The maximum absolute atomic E-state index is 11.6. The van der Waals surface area contributed by atoms with Gasteiger partial charge in [0.05, 0.1) is 12.6 Å². The Morgan fingerprint density at radius 2 is 1.89 bits per heavy atom. The van der Waals surface area contributed by atoms with E-state index in [1.807, 2.05) is 6.92 Å². The van der Waals surface area contributed by atoms with E-state index >= 15 is 0 Å². The van der Waals surface area contributed by atoms with Gasteiger partial charge in [0.25, 0.3) is 0 Å². The molecule has 0 N–H and O–H groups in total. The smallest absolute Gasteiger partial charge is 0.315 e. The molecule has 0 aromatic rings. The van der Waals surface area contributed by atoms with Crippen LogP contribution in [0.2, 0.25) is 0 Å². The molecule has 0 aromatic heterocycles. The highest BCUT2D eigenvalue weighted by molar-refractivity contribution is 5.93. The molecule has 0 heterocycles. The van der Waals surface area contributed by atoms with Crippen molar-refractivity contribution in [2.45, 2.75) is 39.5 Å². The molecule has 0 bridgehead atoms. The molecule has 7 heteroatoms.